The number of halogens is 4. The van der Waals surface area contributed by atoms with Gasteiger partial charge in [0.15, 0.2) is 11.6 Å². The van der Waals surface area contributed by atoms with Gasteiger partial charge < -0.3 is 10.8 Å². The molecule has 0 saturated heterocycles. The number of nitrogens with two attached hydrogens (primary N) is 1. The Morgan fingerprint density at radius 1 is 1.29 bits per heavy atom. The summed E-state index contributed by atoms with van der Waals surface area (Å²) in [5, 5.41) is 8.73. The fourth-order valence-electron chi connectivity index (χ4n) is 0.906. The molecule has 0 radical (unpaired) electrons. The Morgan fingerprint density at radius 3 is 2.29 bits per heavy atom. The van der Waals surface area contributed by atoms with E-state index in [2.05, 4.69) is 0 Å². The molecule has 0 saturated carbocycles. The van der Waals surface area contributed by atoms with Gasteiger partial charge in [0.25, 0.3) is 0 Å². The monoisotopic (exact) mass is 209 g/mol. The van der Waals surface area contributed by atoms with Crippen molar-refractivity contribution in [1.82, 2.24) is 0 Å². The van der Waals surface area contributed by atoms with Crippen LogP contribution in [0.1, 0.15) is 11.6 Å². The van der Waals surface area contributed by atoms with Crippen molar-refractivity contribution < 1.29 is 22.7 Å². The maximum absolute atomic E-state index is 12.7. The summed E-state index contributed by atoms with van der Waals surface area (Å²) in [4.78, 5) is 0. The van der Waals surface area contributed by atoms with Gasteiger partial charge in [0, 0.05) is 0 Å². The number of phenolic OH excluding ortho intramolecular Hbond substituents is 1. The number of hydrogen-bond donors (Lipinski definition) is 2. The van der Waals surface area contributed by atoms with Crippen LogP contribution in [0.3, 0.4) is 0 Å². The summed E-state index contributed by atoms with van der Waals surface area (Å²) in [7, 11) is 0. The lowest BCUT2D eigenvalue weighted by Crippen LogP contribution is -2.28. The van der Waals surface area contributed by atoms with Crippen molar-refractivity contribution in [1.29, 1.82) is 0 Å². The highest BCUT2D eigenvalue weighted by molar-refractivity contribution is 5.30. The summed E-state index contributed by atoms with van der Waals surface area (Å²) >= 11 is 0. The van der Waals surface area contributed by atoms with E-state index >= 15 is 0 Å². The van der Waals surface area contributed by atoms with Crippen molar-refractivity contribution >= 4 is 0 Å². The van der Waals surface area contributed by atoms with E-state index in [1.54, 1.807) is 0 Å². The largest absolute Gasteiger partial charge is 0.505 e. The third kappa shape index (κ3) is 2.14. The van der Waals surface area contributed by atoms with Crippen molar-refractivity contribution in [3.63, 3.8) is 0 Å². The van der Waals surface area contributed by atoms with Crippen LogP contribution in [0, 0.1) is 5.82 Å². The van der Waals surface area contributed by atoms with Gasteiger partial charge in [0.2, 0.25) is 0 Å². The van der Waals surface area contributed by atoms with Crippen LogP contribution in [-0.2, 0) is 0 Å². The highest BCUT2D eigenvalue weighted by atomic mass is 19.4. The summed E-state index contributed by atoms with van der Waals surface area (Å²) in [5.41, 5.74) is 4.39. The third-order valence-corrected chi connectivity index (χ3v) is 1.68. The Hall–Kier alpha value is -1.30. The van der Waals surface area contributed by atoms with Crippen molar-refractivity contribution in [3.05, 3.63) is 29.6 Å². The average Bonchev–Trinajstić information content (AvgIpc) is 2.07. The number of alkyl halides is 3. The van der Waals surface area contributed by atoms with Crippen molar-refractivity contribution in [3.8, 4) is 5.75 Å². The molecule has 0 aliphatic rings. The molecule has 1 atom stereocenters. The molecule has 1 aromatic carbocycles. The van der Waals surface area contributed by atoms with E-state index in [1.807, 2.05) is 0 Å². The Labute approximate surface area is 77.0 Å². The first-order valence-electron chi connectivity index (χ1n) is 3.63. The lowest BCUT2D eigenvalue weighted by Gasteiger charge is -2.15. The first kappa shape index (κ1) is 10.8. The molecule has 6 heteroatoms. The molecular weight excluding hydrogens is 202 g/mol. The molecule has 1 rings (SSSR count). The molecule has 14 heavy (non-hydrogen) atoms. The van der Waals surface area contributed by atoms with E-state index in [0.29, 0.717) is 6.07 Å². The van der Waals surface area contributed by atoms with Gasteiger partial charge in [-0.05, 0) is 17.7 Å². The molecular formula is C8H7F4NO. The second kappa shape index (κ2) is 3.45. The van der Waals surface area contributed by atoms with Crippen molar-refractivity contribution in [2.45, 2.75) is 12.2 Å². The van der Waals surface area contributed by atoms with Crippen LogP contribution in [0.15, 0.2) is 18.2 Å². The van der Waals surface area contributed by atoms with Crippen LogP contribution < -0.4 is 5.73 Å². The van der Waals surface area contributed by atoms with Gasteiger partial charge in [0.05, 0.1) is 0 Å². The molecule has 2 nitrogen and oxygen atoms in total. The van der Waals surface area contributed by atoms with Crippen LogP contribution in [0.2, 0.25) is 0 Å². The smallest absolute Gasteiger partial charge is 0.407 e. The van der Waals surface area contributed by atoms with Crippen LogP contribution in [0.25, 0.3) is 0 Å². The minimum absolute atomic E-state index is 0.423. The summed E-state index contributed by atoms with van der Waals surface area (Å²) in [5.74, 6) is -1.83. The molecule has 0 aliphatic heterocycles. The van der Waals surface area contributed by atoms with E-state index in [1.165, 1.54) is 0 Å². The number of aromatic hydroxyl groups is 1. The zero-order valence-electron chi connectivity index (χ0n) is 6.85. The van der Waals surface area contributed by atoms with Gasteiger partial charge in [-0.3, -0.25) is 0 Å². The maximum Gasteiger partial charge on any atom is 0.407 e. The third-order valence-electron chi connectivity index (χ3n) is 1.68. The van der Waals surface area contributed by atoms with Gasteiger partial charge in [-0.2, -0.15) is 13.2 Å². The minimum atomic E-state index is -4.62. The minimum Gasteiger partial charge on any atom is -0.505 e. The Morgan fingerprint density at radius 2 is 1.86 bits per heavy atom. The number of phenols is 1. The SMILES string of the molecule is N[C@@H](c1ccc(O)c(F)c1)C(F)(F)F. The van der Waals surface area contributed by atoms with Gasteiger partial charge in [-0.15, -0.1) is 0 Å². The average molecular weight is 209 g/mol. The van der Waals surface area contributed by atoms with Gasteiger partial charge in [-0.1, -0.05) is 6.07 Å². The van der Waals surface area contributed by atoms with Crippen LogP contribution in [0.5, 0.6) is 5.75 Å². The topological polar surface area (TPSA) is 46.2 Å². The Balaban J connectivity index is 3.03. The molecule has 78 valence electrons. The Bertz CT molecular complexity index is 337. The summed E-state index contributed by atoms with van der Waals surface area (Å²) in [6, 6.07) is 0.0814. The lowest BCUT2D eigenvalue weighted by molar-refractivity contribution is -0.149. The fourth-order valence-corrected chi connectivity index (χ4v) is 0.906. The van der Waals surface area contributed by atoms with E-state index < -0.39 is 29.3 Å². The first-order valence-corrected chi connectivity index (χ1v) is 3.63. The normalized spacial score (nSPS) is 14.1. The number of hydrogen-bond acceptors (Lipinski definition) is 2. The maximum atomic E-state index is 12.7. The molecule has 0 aromatic heterocycles. The predicted molar refractivity (Wildman–Crippen MR) is 41.0 cm³/mol. The summed E-state index contributed by atoms with van der Waals surface area (Å²) in [6.07, 6.45) is -4.62. The highest BCUT2D eigenvalue weighted by Gasteiger charge is 2.38. The summed E-state index contributed by atoms with van der Waals surface area (Å²) in [6.45, 7) is 0. The molecule has 0 spiro atoms. The molecule has 1 aromatic rings. The molecule has 0 fully saturated rings. The zero-order chi connectivity index (χ0) is 10.9. The lowest BCUT2D eigenvalue weighted by atomic mass is 10.1. The van der Waals surface area contributed by atoms with E-state index in [9.17, 15) is 17.6 Å². The molecule has 0 amide bonds. The standard InChI is InChI=1S/C8H7F4NO/c9-5-3-4(1-2-6(5)14)7(13)8(10,11)12/h1-3,7,14H,13H2/t7-/m0/s1. The molecule has 0 bridgehead atoms. The molecule has 0 aliphatic carbocycles. The van der Waals surface area contributed by atoms with E-state index in [4.69, 9.17) is 10.8 Å². The van der Waals surface area contributed by atoms with Crippen molar-refractivity contribution in [2.75, 3.05) is 0 Å². The Kier molecular flexibility index (Phi) is 2.66. The number of benzene rings is 1. The van der Waals surface area contributed by atoms with Crippen LogP contribution in [0.4, 0.5) is 17.6 Å². The van der Waals surface area contributed by atoms with Gasteiger partial charge in [0.1, 0.15) is 6.04 Å². The van der Waals surface area contributed by atoms with E-state index in [0.717, 1.165) is 12.1 Å². The number of rotatable bonds is 1. The second-order valence-electron chi connectivity index (χ2n) is 2.73. The molecule has 0 heterocycles. The predicted octanol–water partition coefficient (Wildman–Crippen LogP) is 2.09. The van der Waals surface area contributed by atoms with Crippen LogP contribution >= 0.6 is 0 Å². The second-order valence-corrected chi connectivity index (χ2v) is 2.73. The molecule has 3 N–H and O–H groups in total. The van der Waals surface area contributed by atoms with Gasteiger partial charge in [-0.25, -0.2) is 4.39 Å². The van der Waals surface area contributed by atoms with Crippen molar-refractivity contribution in [2.24, 2.45) is 5.73 Å². The first-order chi connectivity index (χ1) is 6.32. The quantitative estimate of drug-likeness (QED) is 0.695. The zero-order valence-corrected chi connectivity index (χ0v) is 6.85. The summed E-state index contributed by atoms with van der Waals surface area (Å²) < 4.78 is 48.8. The van der Waals surface area contributed by atoms with E-state index in [-0.39, 0.29) is 0 Å². The molecule has 0 unspecified atom stereocenters. The fraction of sp³-hybridized carbons (Fsp3) is 0.250. The highest BCUT2D eigenvalue weighted by Crippen LogP contribution is 2.31. The van der Waals surface area contributed by atoms with Crippen LogP contribution in [-0.4, -0.2) is 11.3 Å². The van der Waals surface area contributed by atoms with Gasteiger partial charge >= 0.3 is 6.18 Å².